The molecular weight excluding hydrogens is 556 g/mol. The van der Waals surface area contributed by atoms with E-state index >= 15 is 0 Å². The fourth-order valence-electron chi connectivity index (χ4n) is 6.33. The van der Waals surface area contributed by atoms with Crippen LogP contribution in [0.1, 0.15) is 29.5 Å². The van der Waals surface area contributed by atoms with Crippen molar-refractivity contribution in [3.05, 3.63) is 187 Å². The molecule has 0 saturated heterocycles. The summed E-state index contributed by atoms with van der Waals surface area (Å²) in [6, 6.07) is 53.7. The first-order chi connectivity index (χ1) is 22.6. The largest absolute Gasteiger partial charge is 0.355 e. The number of hydrogen-bond acceptors (Lipinski definition) is 2. The zero-order chi connectivity index (χ0) is 31.3. The molecule has 0 aliphatic heterocycles. The highest BCUT2D eigenvalue weighted by molar-refractivity contribution is 5.87. The minimum atomic E-state index is 0.308. The lowest BCUT2D eigenvalue weighted by Gasteiger charge is -2.24. The van der Waals surface area contributed by atoms with Crippen LogP contribution < -0.4 is 5.32 Å². The van der Waals surface area contributed by atoms with Gasteiger partial charge in [0.1, 0.15) is 0 Å². The fraction of sp³-hybridized carbons (Fsp3) is 0.0682. The Labute approximate surface area is 271 Å². The topological polar surface area (TPSA) is 35.9 Å². The summed E-state index contributed by atoms with van der Waals surface area (Å²) >= 11 is 0. The maximum Gasteiger partial charge on any atom is 0.0464 e. The van der Waals surface area contributed by atoms with Crippen LogP contribution in [0.3, 0.4) is 0 Å². The predicted molar refractivity (Wildman–Crippen MR) is 196 cm³/mol. The minimum absolute atomic E-state index is 0.308. The third-order valence-electron chi connectivity index (χ3n) is 8.87. The maximum absolute atomic E-state index is 7.72. The van der Waals surface area contributed by atoms with Crippen molar-refractivity contribution in [1.82, 2.24) is 0 Å². The number of nitrogens with one attached hydrogen (secondary N) is 2. The predicted octanol–water partition coefficient (Wildman–Crippen LogP) is 11.8. The zero-order valence-electron chi connectivity index (χ0n) is 25.9. The summed E-state index contributed by atoms with van der Waals surface area (Å²) in [5.74, 6) is 0.722. The molecule has 6 aromatic rings. The molecule has 2 N–H and O–H groups in total. The zero-order valence-corrected chi connectivity index (χ0v) is 25.9. The van der Waals surface area contributed by atoms with E-state index in [1.54, 1.807) is 0 Å². The third kappa shape index (κ3) is 6.24. The van der Waals surface area contributed by atoms with Crippen molar-refractivity contribution in [2.24, 2.45) is 5.92 Å². The lowest BCUT2D eigenvalue weighted by atomic mass is 9.80. The van der Waals surface area contributed by atoms with Crippen molar-refractivity contribution in [2.75, 3.05) is 5.32 Å². The quantitative estimate of drug-likeness (QED) is 0.169. The van der Waals surface area contributed by atoms with Gasteiger partial charge in [-0.1, -0.05) is 146 Å². The van der Waals surface area contributed by atoms with E-state index in [0.717, 1.165) is 33.6 Å². The SMILES string of the molecule is CC1C=CC(c2ccccc2)=CC1c1ccc(-c2cc(-c3cccc(-c4ccccc4)c3)ccc2Nc2cccc(C=N)c2)cc1. The Morgan fingerprint density at radius 1 is 0.565 bits per heavy atom. The van der Waals surface area contributed by atoms with Crippen molar-refractivity contribution in [1.29, 1.82) is 5.41 Å². The van der Waals surface area contributed by atoms with Crippen LogP contribution in [0.4, 0.5) is 11.4 Å². The van der Waals surface area contributed by atoms with Crippen LogP contribution in [-0.2, 0) is 0 Å². The number of rotatable bonds is 8. The third-order valence-corrected chi connectivity index (χ3v) is 8.87. The molecule has 0 radical (unpaired) electrons. The molecule has 0 saturated carbocycles. The summed E-state index contributed by atoms with van der Waals surface area (Å²) in [4.78, 5) is 0. The normalized spacial score (nSPS) is 15.6. The van der Waals surface area contributed by atoms with E-state index in [0.29, 0.717) is 11.8 Å². The van der Waals surface area contributed by atoms with Gasteiger partial charge in [-0.2, -0.15) is 0 Å². The van der Waals surface area contributed by atoms with Gasteiger partial charge in [0, 0.05) is 29.1 Å². The molecule has 2 heteroatoms. The lowest BCUT2D eigenvalue weighted by Crippen LogP contribution is -2.09. The minimum Gasteiger partial charge on any atom is -0.355 e. The summed E-state index contributed by atoms with van der Waals surface area (Å²) in [7, 11) is 0. The first-order valence-corrected chi connectivity index (χ1v) is 15.9. The second-order valence-corrected chi connectivity index (χ2v) is 12.0. The summed E-state index contributed by atoms with van der Waals surface area (Å²) < 4.78 is 0. The molecular formula is C44H36N2. The highest BCUT2D eigenvalue weighted by Crippen LogP contribution is 2.39. The van der Waals surface area contributed by atoms with Crippen molar-refractivity contribution in [3.63, 3.8) is 0 Å². The Hall–Kier alpha value is -5.73. The standard InChI is InChI=1S/C44H36N2/c1-31-18-19-39(34-13-6-3-7-14-34)28-42(31)35-20-22-36(23-21-35)43-29-40(24-25-44(43)46-41-17-8-10-32(26-41)30-45)38-16-9-15-37(27-38)33-11-4-2-5-12-33/h2-31,42,45-46H,1H3. The molecule has 0 amide bonds. The second kappa shape index (κ2) is 13.1. The van der Waals surface area contributed by atoms with E-state index in [9.17, 15) is 0 Å². The van der Waals surface area contributed by atoms with Gasteiger partial charge >= 0.3 is 0 Å². The number of anilines is 2. The van der Waals surface area contributed by atoms with Gasteiger partial charge in [0.05, 0.1) is 0 Å². The highest BCUT2D eigenvalue weighted by Gasteiger charge is 2.20. The number of benzene rings is 6. The molecule has 2 unspecified atom stereocenters. The van der Waals surface area contributed by atoms with Crippen LogP contribution in [0, 0.1) is 11.3 Å². The molecule has 1 aliphatic rings. The molecule has 222 valence electrons. The van der Waals surface area contributed by atoms with Crippen molar-refractivity contribution in [3.8, 4) is 33.4 Å². The van der Waals surface area contributed by atoms with Gasteiger partial charge < -0.3 is 10.7 Å². The molecule has 0 fully saturated rings. The van der Waals surface area contributed by atoms with E-state index in [-0.39, 0.29) is 0 Å². The Morgan fingerprint density at radius 3 is 1.93 bits per heavy atom. The first-order valence-electron chi connectivity index (χ1n) is 15.9. The molecule has 1 aliphatic carbocycles. The molecule has 2 nitrogen and oxygen atoms in total. The smallest absolute Gasteiger partial charge is 0.0464 e. The summed E-state index contributed by atoms with van der Waals surface area (Å²) in [5, 5.41) is 11.4. The monoisotopic (exact) mass is 592 g/mol. The van der Waals surface area contributed by atoms with E-state index in [2.05, 4.69) is 158 Å². The van der Waals surface area contributed by atoms with Gasteiger partial charge in [-0.15, -0.1) is 0 Å². The summed E-state index contributed by atoms with van der Waals surface area (Å²) in [5.41, 5.74) is 13.7. The van der Waals surface area contributed by atoms with Gasteiger partial charge in [0.15, 0.2) is 0 Å². The lowest BCUT2D eigenvalue weighted by molar-refractivity contribution is 0.637. The average Bonchev–Trinajstić information content (AvgIpc) is 3.13. The molecule has 2 atom stereocenters. The molecule has 7 rings (SSSR count). The maximum atomic E-state index is 7.72. The molecule has 0 heterocycles. The van der Waals surface area contributed by atoms with Gasteiger partial charge in [0.2, 0.25) is 0 Å². The highest BCUT2D eigenvalue weighted by atomic mass is 14.9. The van der Waals surface area contributed by atoms with Crippen molar-refractivity contribution < 1.29 is 0 Å². The molecule has 0 aromatic heterocycles. The van der Waals surface area contributed by atoms with Gasteiger partial charge in [-0.25, -0.2) is 0 Å². The van der Waals surface area contributed by atoms with E-state index in [1.807, 2.05) is 24.3 Å². The number of hydrogen-bond donors (Lipinski definition) is 2. The number of allylic oxidation sites excluding steroid dienone is 4. The molecule has 0 bridgehead atoms. The van der Waals surface area contributed by atoms with Crippen LogP contribution in [0.2, 0.25) is 0 Å². The van der Waals surface area contributed by atoms with E-state index < -0.39 is 0 Å². The average molecular weight is 593 g/mol. The van der Waals surface area contributed by atoms with Crippen molar-refractivity contribution >= 4 is 23.2 Å². The van der Waals surface area contributed by atoms with Gasteiger partial charge in [-0.3, -0.25) is 0 Å². The Bertz CT molecular complexity index is 2040. The van der Waals surface area contributed by atoms with Crippen LogP contribution in [0.25, 0.3) is 39.0 Å². The van der Waals surface area contributed by atoms with Crippen molar-refractivity contribution in [2.45, 2.75) is 12.8 Å². The Morgan fingerprint density at radius 2 is 1.20 bits per heavy atom. The van der Waals surface area contributed by atoms with Crippen LogP contribution in [0.5, 0.6) is 0 Å². The Kier molecular flexibility index (Phi) is 8.26. The van der Waals surface area contributed by atoms with Crippen LogP contribution >= 0.6 is 0 Å². The molecule has 0 spiro atoms. The Balaban J connectivity index is 1.26. The van der Waals surface area contributed by atoms with E-state index in [1.165, 1.54) is 39.6 Å². The van der Waals surface area contributed by atoms with E-state index in [4.69, 9.17) is 5.41 Å². The fourth-order valence-corrected chi connectivity index (χ4v) is 6.33. The first kappa shape index (κ1) is 29.0. The second-order valence-electron chi connectivity index (χ2n) is 12.0. The molecule has 6 aromatic carbocycles. The van der Waals surface area contributed by atoms with Crippen LogP contribution in [-0.4, -0.2) is 6.21 Å². The van der Waals surface area contributed by atoms with Crippen LogP contribution in [0.15, 0.2) is 170 Å². The summed E-state index contributed by atoms with van der Waals surface area (Å²) in [6.45, 7) is 2.30. The van der Waals surface area contributed by atoms with Gasteiger partial charge in [-0.05, 0) is 86.3 Å². The van der Waals surface area contributed by atoms with Gasteiger partial charge in [0.25, 0.3) is 0 Å². The molecule has 46 heavy (non-hydrogen) atoms. The summed E-state index contributed by atoms with van der Waals surface area (Å²) in [6.07, 6.45) is 8.39.